The third kappa shape index (κ3) is 1.79. The Balaban J connectivity index is 2.06. The second-order valence-electron chi connectivity index (χ2n) is 3.76. The summed E-state index contributed by atoms with van der Waals surface area (Å²) in [5, 5.41) is 10.1. The van der Waals surface area contributed by atoms with Gasteiger partial charge in [0.2, 0.25) is 0 Å². The number of furan rings is 1. The quantitative estimate of drug-likeness (QED) is 0.728. The summed E-state index contributed by atoms with van der Waals surface area (Å²) in [5.74, 6) is 0. The van der Waals surface area contributed by atoms with Crippen molar-refractivity contribution >= 4 is 11.0 Å². The van der Waals surface area contributed by atoms with Crippen LogP contribution in [0, 0.1) is 0 Å². The maximum absolute atomic E-state index is 10.1. The fraction of sp³-hybridized carbons (Fsp3) is 0.0769. The summed E-state index contributed by atoms with van der Waals surface area (Å²) in [5.41, 5.74) is 3.09. The molecule has 4 nitrogen and oxygen atoms in total. The molecule has 0 aliphatic rings. The summed E-state index contributed by atoms with van der Waals surface area (Å²) in [6.45, 7) is 0. The number of fused-ring (bicyclic) bond motifs is 1. The van der Waals surface area contributed by atoms with Gasteiger partial charge in [0.25, 0.3) is 0 Å². The van der Waals surface area contributed by atoms with Gasteiger partial charge in [-0.15, -0.1) is 0 Å². The number of aromatic nitrogens is 2. The molecule has 3 rings (SSSR count). The van der Waals surface area contributed by atoms with Crippen LogP contribution < -0.4 is 0 Å². The molecule has 0 bridgehead atoms. The third-order valence-electron chi connectivity index (χ3n) is 2.67. The highest BCUT2D eigenvalue weighted by atomic mass is 16.3. The van der Waals surface area contributed by atoms with Crippen molar-refractivity contribution in [1.29, 1.82) is 0 Å². The molecule has 0 saturated heterocycles. The molecule has 3 aromatic rings. The Labute approximate surface area is 97.6 Å². The van der Waals surface area contributed by atoms with Gasteiger partial charge in [-0.1, -0.05) is 6.07 Å². The van der Waals surface area contributed by atoms with Crippen molar-refractivity contribution in [3.63, 3.8) is 0 Å². The standard InChI is InChI=1S/C13H10N2O2/c16-13(10-3-6-17-8-10)9-1-2-11-12(7-9)15-5-4-14-11/h1-8,13,16H. The summed E-state index contributed by atoms with van der Waals surface area (Å²) < 4.78 is 4.96. The zero-order valence-corrected chi connectivity index (χ0v) is 8.95. The summed E-state index contributed by atoms with van der Waals surface area (Å²) in [6, 6.07) is 7.27. The SMILES string of the molecule is OC(c1ccoc1)c1ccc2nccnc2c1. The average Bonchev–Trinajstić information content (AvgIpc) is 2.91. The van der Waals surface area contributed by atoms with E-state index in [0.29, 0.717) is 0 Å². The lowest BCUT2D eigenvalue weighted by Crippen LogP contribution is -1.98. The van der Waals surface area contributed by atoms with Crippen LogP contribution >= 0.6 is 0 Å². The lowest BCUT2D eigenvalue weighted by molar-refractivity contribution is 0.219. The van der Waals surface area contributed by atoms with E-state index in [-0.39, 0.29) is 0 Å². The second kappa shape index (κ2) is 3.99. The van der Waals surface area contributed by atoms with Crippen molar-refractivity contribution in [3.8, 4) is 0 Å². The number of hydrogen-bond acceptors (Lipinski definition) is 4. The fourth-order valence-electron chi connectivity index (χ4n) is 1.77. The van der Waals surface area contributed by atoms with Gasteiger partial charge >= 0.3 is 0 Å². The minimum atomic E-state index is -0.694. The molecule has 0 aliphatic heterocycles. The molecule has 0 saturated carbocycles. The maximum atomic E-state index is 10.1. The molecular weight excluding hydrogens is 216 g/mol. The van der Waals surface area contributed by atoms with E-state index in [4.69, 9.17) is 4.42 Å². The maximum Gasteiger partial charge on any atom is 0.107 e. The topological polar surface area (TPSA) is 59.2 Å². The number of benzene rings is 1. The first-order chi connectivity index (χ1) is 8.34. The van der Waals surface area contributed by atoms with Gasteiger partial charge < -0.3 is 9.52 Å². The summed E-state index contributed by atoms with van der Waals surface area (Å²) in [6.07, 6.45) is 5.66. The molecule has 1 atom stereocenters. The van der Waals surface area contributed by atoms with Gasteiger partial charge in [-0.3, -0.25) is 9.97 Å². The molecule has 1 unspecified atom stereocenters. The van der Waals surface area contributed by atoms with Crippen LogP contribution in [0.1, 0.15) is 17.2 Å². The molecule has 1 aromatic carbocycles. The first-order valence-electron chi connectivity index (χ1n) is 5.25. The van der Waals surface area contributed by atoms with E-state index in [1.54, 1.807) is 24.7 Å². The van der Waals surface area contributed by atoms with Gasteiger partial charge in [-0.25, -0.2) is 0 Å². The van der Waals surface area contributed by atoms with Gasteiger partial charge in [-0.2, -0.15) is 0 Å². The second-order valence-corrected chi connectivity index (χ2v) is 3.76. The normalized spacial score (nSPS) is 12.8. The number of nitrogens with zero attached hydrogens (tertiary/aromatic N) is 2. The largest absolute Gasteiger partial charge is 0.472 e. The van der Waals surface area contributed by atoms with Crippen LogP contribution in [-0.2, 0) is 0 Å². The van der Waals surface area contributed by atoms with Crippen LogP contribution in [0.25, 0.3) is 11.0 Å². The zero-order valence-electron chi connectivity index (χ0n) is 8.95. The van der Waals surface area contributed by atoms with Crippen LogP contribution in [-0.4, -0.2) is 15.1 Å². The van der Waals surface area contributed by atoms with E-state index in [2.05, 4.69) is 9.97 Å². The Hall–Kier alpha value is -2.20. The fourth-order valence-corrected chi connectivity index (χ4v) is 1.77. The molecule has 0 aliphatic carbocycles. The molecule has 1 N–H and O–H groups in total. The number of aliphatic hydroxyl groups excluding tert-OH is 1. The number of rotatable bonds is 2. The third-order valence-corrected chi connectivity index (χ3v) is 2.67. The van der Waals surface area contributed by atoms with Crippen LogP contribution in [0.5, 0.6) is 0 Å². The Morgan fingerprint density at radius 2 is 1.82 bits per heavy atom. The molecular formula is C13H10N2O2. The smallest absolute Gasteiger partial charge is 0.107 e. The van der Waals surface area contributed by atoms with E-state index in [9.17, 15) is 5.11 Å². The van der Waals surface area contributed by atoms with Crippen LogP contribution in [0.2, 0.25) is 0 Å². The van der Waals surface area contributed by atoms with Crippen LogP contribution in [0.4, 0.5) is 0 Å². The van der Waals surface area contributed by atoms with Crippen molar-refractivity contribution in [1.82, 2.24) is 9.97 Å². The van der Waals surface area contributed by atoms with E-state index in [1.807, 2.05) is 18.2 Å². The molecule has 0 radical (unpaired) electrons. The van der Waals surface area contributed by atoms with Crippen LogP contribution in [0.15, 0.2) is 53.6 Å². The van der Waals surface area contributed by atoms with Crippen LogP contribution in [0.3, 0.4) is 0 Å². The monoisotopic (exact) mass is 226 g/mol. The molecule has 0 amide bonds. The van der Waals surface area contributed by atoms with E-state index >= 15 is 0 Å². The molecule has 2 heterocycles. The minimum Gasteiger partial charge on any atom is -0.472 e. The summed E-state index contributed by atoms with van der Waals surface area (Å²) >= 11 is 0. The van der Waals surface area contributed by atoms with Crippen molar-refractivity contribution < 1.29 is 9.52 Å². The van der Waals surface area contributed by atoms with Crippen molar-refractivity contribution in [3.05, 3.63) is 60.3 Å². The van der Waals surface area contributed by atoms with Gasteiger partial charge in [0.05, 0.1) is 23.6 Å². The lowest BCUT2D eigenvalue weighted by atomic mass is 10.0. The summed E-state index contributed by atoms with van der Waals surface area (Å²) in [4.78, 5) is 8.39. The molecule has 2 aromatic heterocycles. The molecule has 84 valence electrons. The Kier molecular flexibility index (Phi) is 2.34. The minimum absolute atomic E-state index is 0.694. The average molecular weight is 226 g/mol. The highest BCUT2D eigenvalue weighted by molar-refractivity contribution is 5.74. The summed E-state index contributed by atoms with van der Waals surface area (Å²) in [7, 11) is 0. The predicted octanol–water partition coefficient (Wildman–Crippen LogP) is 2.30. The number of aliphatic hydroxyl groups is 1. The van der Waals surface area contributed by atoms with Gasteiger partial charge in [0.15, 0.2) is 0 Å². The highest BCUT2D eigenvalue weighted by Gasteiger charge is 2.12. The molecule has 4 heteroatoms. The molecule has 0 fully saturated rings. The first kappa shape index (κ1) is 9.99. The van der Waals surface area contributed by atoms with Gasteiger partial charge in [-0.05, 0) is 23.8 Å². The van der Waals surface area contributed by atoms with Gasteiger partial charge in [0.1, 0.15) is 6.10 Å². The predicted molar refractivity (Wildman–Crippen MR) is 62.3 cm³/mol. The first-order valence-corrected chi connectivity index (χ1v) is 5.25. The molecule has 0 spiro atoms. The van der Waals surface area contributed by atoms with Crippen molar-refractivity contribution in [2.45, 2.75) is 6.10 Å². The Bertz CT molecular complexity index is 635. The van der Waals surface area contributed by atoms with Crippen molar-refractivity contribution in [2.75, 3.05) is 0 Å². The molecule has 17 heavy (non-hydrogen) atoms. The zero-order chi connectivity index (χ0) is 11.7. The Morgan fingerprint density at radius 3 is 2.59 bits per heavy atom. The highest BCUT2D eigenvalue weighted by Crippen LogP contribution is 2.24. The van der Waals surface area contributed by atoms with E-state index < -0.39 is 6.10 Å². The Morgan fingerprint density at radius 1 is 1.00 bits per heavy atom. The van der Waals surface area contributed by atoms with Gasteiger partial charge in [0, 0.05) is 18.0 Å². The van der Waals surface area contributed by atoms with E-state index in [1.165, 1.54) is 6.26 Å². The lowest BCUT2D eigenvalue weighted by Gasteiger charge is -2.08. The van der Waals surface area contributed by atoms with E-state index in [0.717, 1.165) is 22.2 Å². The number of hydrogen-bond donors (Lipinski definition) is 1. The van der Waals surface area contributed by atoms with Crippen molar-refractivity contribution in [2.24, 2.45) is 0 Å².